The third-order valence-corrected chi connectivity index (χ3v) is 6.11. The molecule has 0 saturated heterocycles. The smallest absolute Gasteiger partial charge is 0.251 e. The fraction of sp³-hybridized carbons (Fsp3) is 0.435. The van der Waals surface area contributed by atoms with Crippen LogP contribution in [0.3, 0.4) is 0 Å². The first-order valence-electron chi connectivity index (χ1n) is 10.6. The van der Waals surface area contributed by atoms with Crippen molar-refractivity contribution in [1.29, 1.82) is 0 Å². The number of ether oxygens (including phenoxy) is 3. The molecule has 0 radical (unpaired) electrons. The lowest BCUT2D eigenvalue weighted by molar-refractivity contribution is 0.0953. The Balaban J connectivity index is 2.08. The predicted molar refractivity (Wildman–Crippen MR) is 123 cm³/mol. The second kappa shape index (κ2) is 11.7. The number of hydrogen-bond donors (Lipinski definition) is 2. The zero-order valence-corrected chi connectivity index (χ0v) is 20.1. The number of nitrogens with one attached hydrogen (secondary N) is 2. The van der Waals surface area contributed by atoms with Crippen molar-refractivity contribution in [2.24, 2.45) is 0 Å². The van der Waals surface area contributed by atoms with E-state index in [1.54, 1.807) is 31.2 Å². The van der Waals surface area contributed by atoms with Gasteiger partial charge in [0.2, 0.25) is 15.8 Å². The summed E-state index contributed by atoms with van der Waals surface area (Å²) in [6.45, 7) is 10.5. The minimum Gasteiger partial charge on any atom is -0.490 e. The first-order chi connectivity index (χ1) is 15.2. The standard InChI is InChI=1S/C23H32N2O6S/c1-6-29-19-14-18(15-20(30-7-2)22(19)31-8-3)23(26)24-11-12-25-32(27,28)21-13-16(4)9-10-17(21)5/h9-10,13-15,25H,6-8,11-12H2,1-5H3,(H,24,26). The molecule has 0 bridgehead atoms. The van der Waals surface area contributed by atoms with E-state index in [1.807, 2.05) is 33.8 Å². The number of amides is 1. The molecule has 8 nitrogen and oxygen atoms in total. The quantitative estimate of drug-likeness (QED) is 0.468. The Morgan fingerprint density at radius 2 is 1.47 bits per heavy atom. The summed E-state index contributed by atoms with van der Waals surface area (Å²) in [5, 5.41) is 2.72. The Kier molecular flexibility index (Phi) is 9.34. The average molecular weight is 465 g/mol. The van der Waals surface area contributed by atoms with Gasteiger partial charge in [-0.3, -0.25) is 4.79 Å². The molecule has 2 aromatic carbocycles. The molecule has 0 aliphatic rings. The maximum Gasteiger partial charge on any atom is 0.251 e. The first kappa shape index (κ1) is 25.5. The van der Waals surface area contributed by atoms with Crippen LogP contribution in [-0.2, 0) is 10.0 Å². The maximum atomic E-state index is 12.7. The normalized spacial score (nSPS) is 11.2. The third kappa shape index (κ3) is 6.61. The van der Waals surface area contributed by atoms with Crippen LogP contribution in [0, 0.1) is 13.8 Å². The molecule has 0 atom stereocenters. The molecule has 0 aliphatic heterocycles. The van der Waals surface area contributed by atoms with E-state index < -0.39 is 10.0 Å². The highest BCUT2D eigenvalue weighted by Gasteiger charge is 2.19. The summed E-state index contributed by atoms with van der Waals surface area (Å²) in [6.07, 6.45) is 0. The lowest BCUT2D eigenvalue weighted by atomic mass is 10.1. The summed E-state index contributed by atoms with van der Waals surface area (Å²) in [5.74, 6) is 0.914. The fourth-order valence-corrected chi connectivity index (χ4v) is 4.42. The highest BCUT2D eigenvalue weighted by Crippen LogP contribution is 2.39. The van der Waals surface area contributed by atoms with Gasteiger partial charge in [-0.05, 0) is 63.9 Å². The minimum atomic E-state index is -3.67. The van der Waals surface area contributed by atoms with Gasteiger partial charge in [-0.1, -0.05) is 12.1 Å². The van der Waals surface area contributed by atoms with E-state index >= 15 is 0 Å². The van der Waals surface area contributed by atoms with Gasteiger partial charge in [0.1, 0.15) is 0 Å². The fourth-order valence-electron chi connectivity index (χ4n) is 3.06. The molecule has 0 unspecified atom stereocenters. The Labute approximate surface area is 190 Å². The number of benzene rings is 2. The Morgan fingerprint density at radius 1 is 0.875 bits per heavy atom. The van der Waals surface area contributed by atoms with Gasteiger partial charge in [0.05, 0.1) is 24.7 Å². The van der Waals surface area contributed by atoms with Crippen molar-refractivity contribution in [1.82, 2.24) is 10.0 Å². The second-order valence-electron chi connectivity index (χ2n) is 7.02. The first-order valence-corrected chi connectivity index (χ1v) is 12.1. The predicted octanol–water partition coefficient (Wildman–Crippen LogP) is 3.21. The molecule has 2 aromatic rings. The van der Waals surface area contributed by atoms with Crippen LogP contribution in [0.4, 0.5) is 0 Å². The molecule has 9 heteroatoms. The van der Waals surface area contributed by atoms with E-state index in [0.717, 1.165) is 5.56 Å². The molecular weight excluding hydrogens is 432 g/mol. The number of hydrogen-bond acceptors (Lipinski definition) is 6. The monoisotopic (exact) mass is 464 g/mol. The summed E-state index contributed by atoms with van der Waals surface area (Å²) in [6, 6.07) is 8.43. The number of carbonyl (C=O) groups is 1. The van der Waals surface area contributed by atoms with Crippen LogP contribution in [0.2, 0.25) is 0 Å². The number of carbonyl (C=O) groups excluding carboxylic acids is 1. The summed E-state index contributed by atoms with van der Waals surface area (Å²) in [5.41, 5.74) is 1.85. The largest absolute Gasteiger partial charge is 0.490 e. The molecular formula is C23H32N2O6S. The number of sulfonamides is 1. The van der Waals surface area contributed by atoms with Crippen molar-refractivity contribution in [3.63, 3.8) is 0 Å². The summed E-state index contributed by atoms with van der Waals surface area (Å²) >= 11 is 0. The average Bonchev–Trinajstić information content (AvgIpc) is 2.75. The Morgan fingerprint density at radius 3 is 2.03 bits per heavy atom. The molecule has 0 saturated carbocycles. The van der Waals surface area contributed by atoms with Crippen LogP contribution in [0.1, 0.15) is 42.3 Å². The highest BCUT2D eigenvalue weighted by molar-refractivity contribution is 7.89. The van der Waals surface area contributed by atoms with Gasteiger partial charge in [0, 0.05) is 18.7 Å². The van der Waals surface area contributed by atoms with Gasteiger partial charge in [-0.15, -0.1) is 0 Å². The van der Waals surface area contributed by atoms with Crippen LogP contribution in [0.5, 0.6) is 17.2 Å². The molecule has 0 aromatic heterocycles. The summed E-state index contributed by atoms with van der Waals surface area (Å²) in [7, 11) is -3.67. The second-order valence-corrected chi connectivity index (χ2v) is 8.76. The molecule has 176 valence electrons. The van der Waals surface area contributed by atoms with E-state index in [4.69, 9.17) is 14.2 Å². The SMILES string of the molecule is CCOc1cc(C(=O)NCCNS(=O)(=O)c2cc(C)ccc2C)cc(OCC)c1OCC. The maximum absolute atomic E-state index is 12.7. The van der Waals surface area contributed by atoms with Crippen molar-refractivity contribution < 1.29 is 27.4 Å². The Hall–Kier alpha value is -2.78. The molecule has 0 heterocycles. The molecule has 2 N–H and O–H groups in total. The summed E-state index contributed by atoms with van der Waals surface area (Å²) < 4.78 is 44.6. The molecule has 0 aliphatic carbocycles. The van der Waals surface area contributed by atoms with Gasteiger partial charge in [-0.2, -0.15) is 0 Å². The lowest BCUT2D eigenvalue weighted by Crippen LogP contribution is -2.35. The van der Waals surface area contributed by atoms with Gasteiger partial charge >= 0.3 is 0 Å². The van der Waals surface area contributed by atoms with Crippen molar-refractivity contribution >= 4 is 15.9 Å². The molecule has 0 spiro atoms. The van der Waals surface area contributed by atoms with Crippen molar-refractivity contribution in [2.75, 3.05) is 32.9 Å². The van der Waals surface area contributed by atoms with E-state index in [1.165, 1.54) is 0 Å². The zero-order chi connectivity index (χ0) is 23.7. The lowest BCUT2D eigenvalue weighted by Gasteiger charge is -2.17. The minimum absolute atomic E-state index is 0.0507. The van der Waals surface area contributed by atoms with Gasteiger partial charge < -0.3 is 19.5 Å². The van der Waals surface area contributed by atoms with Crippen LogP contribution >= 0.6 is 0 Å². The van der Waals surface area contributed by atoms with E-state index in [9.17, 15) is 13.2 Å². The topological polar surface area (TPSA) is 103 Å². The number of aryl methyl sites for hydroxylation is 2. The van der Waals surface area contributed by atoms with E-state index in [0.29, 0.717) is 48.2 Å². The molecule has 2 rings (SSSR count). The number of rotatable bonds is 12. The van der Waals surface area contributed by atoms with E-state index in [2.05, 4.69) is 10.0 Å². The van der Waals surface area contributed by atoms with Crippen molar-refractivity contribution in [3.8, 4) is 17.2 Å². The third-order valence-electron chi connectivity index (χ3n) is 4.51. The van der Waals surface area contributed by atoms with Gasteiger partial charge in [0.25, 0.3) is 5.91 Å². The molecule has 0 fully saturated rings. The zero-order valence-electron chi connectivity index (χ0n) is 19.3. The van der Waals surface area contributed by atoms with Crippen LogP contribution in [0.15, 0.2) is 35.2 Å². The van der Waals surface area contributed by atoms with Gasteiger partial charge in [0.15, 0.2) is 11.5 Å². The van der Waals surface area contributed by atoms with Crippen LogP contribution < -0.4 is 24.2 Å². The van der Waals surface area contributed by atoms with Crippen LogP contribution in [0.25, 0.3) is 0 Å². The highest BCUT2D eigenvalue weighted by atomic mass is 32.2. The van der Waals surface area contributed by atoms with Crippen molar-refractivity contribution in [3.05, 3.63) is 47.0 Å². The van der Waals surface area contributed by atoms with Crippen LogP contribution in [-0.4, -0.2) is 47.2 Å². The van der Waals surface area contributed by atoms with Crippen molar-refractivity contribution in [2.45, 2.75) is 39.5 Å². The molecule has 1 amide bonds. The summed E-state index contributed by atoms with van der Waals surface area (Å²) in [4.78, 5) is 12.9. The van der Waals surface area contributed by atoms with Gasteiger partial charge in [-0.25, -0.2) is 13.1 Å². The molecule has 32 heavy (non-hydrogen) atoms. The van der Waals surface area contributed by atoms with E-state index in [-0.39, 0.29) is 23.9 Å². The Bertz CT molecular complexity index is 1010.